The summed E-state index contributed by atoms with van der Waals surface area (Å²) in [6.45, 7) is 0.0909. The number of hydrogen-bond acceptors (Lipinski definition) is 3. The minimum Gasteiger partial charge on any atom is -0.326 e. The van der Waals surface area contributed by atoms with Gasteiger partial charge in [-0.3, -0.25) is 0 Å². The molecule has 1 heterocycles. The predicted molar refractivity (Wildman–Crippen MR) is 71.9 cm³/mol. The van der Waals surface area contributed by atoms with Gasteiger partial charge in [-0.2, -0.15) is 17.5 Å². The number of alkyl halides is 3. The van der Waals surface area contributed by atoms with E-state index in [-0.39, 0.29) is 30.8 Å². The Morgan fingerprint density at radius 3 is 2.10 bits per heavy atom. The van der Waals surface area contributed by atoms with Crippen molar-refractivity contribution in [1.82, 2.24) is 4.31 Å². The molecule has 21 heavy (non-hydrogen) atoms. The highest BCUT2D eigenvalue weighted by Gasteiger charge is 2.42. The van der Waals surface area contributed by atoms with Crippen molar-refractivity contribution in [2.45, 2.75) is 30.5 Å². The number of halogens is 3. The molecular formula is C13H17F3N2O2S. The van der Waals surface area contributed by atoms with Crippen LogP contribution in [-0.4, -0.2) is 32.0 Å². The van der Waals surface area contributed by atoms with Gasteiger partial charge in [0, 0.05) is 19.6 Å². The fourth-order valence-electron chi connectivity index (χ4n) is 2.37. The molecule has 2 N–H and O–H groups in total. The zero-order chi connectivity index (χ0) is 15.7. The summed E-state index contributed by atoms with van der Waals surface area (Å²) in [6.07, 6.45) is -4.63. The molecule has 2 rings (SSSR count). The summed E-state index contributed by atoms with van der Waals surface area (Å²) >= 11 is 0. The minimum absolute atomic E-state index is 0.0881. The first kappa shape index (κ1) is 16.3. The maximum atomic E-state index is 12.6. The minimum atomic E-state index is -4.25. The molecule has 1 fully saturated rings. The lowest BCUT2D eigenvalue weighted by Gasteiger charge is -2.32. The lowest BCUT2D eigenvalue weighted by atomic mass is 9.98. The van der Waals surface area contributed by atoms with Crippen molar-refractivity contribution < 1.29 is 21.6 Å². The Bertz CT molecular complexity index is 576. The van der Waals surface area contributed by atoms with Gasteiger partial charge in [-0.05, 0) is 30.5 Å². The average molecular weight is 322 g/mol. The summed E-state index contributed by atoms with van der Waals surface area (Å²) in [5, 5.41) is 0. The molecular weight excluding hydrogens is 305 g/mol. The van der Waals surface area contributed by atoms with Crippen molar-refractivity contribution in [3.63, 3.8) is 0 Å². The van der Waals surface area contributed by atoms with Gasteiger partial charge in [0.2, 0.25) is 10.0 Å². The van der Waals surface area contributed by atoms with E-state index in [2.05, 4.69) is 0 Å². The molecule has 0 radical (unpaired) electrons. The number of piperidine rings is 1. The van der Waals surface area contributed by atoms with Crippen LogP contribution in [0.15, 0.2) is 29.2 Å². The standard InChI is InChI=1S/C13H17F3N2O2S/c14-13(15,16)11-5-7-18(8-6-11)21(19,20)12-3-1-10(9-17)2-4-12/h1-4,11H,5-9,17H2. The van der Waals surface area contributed by atoms with E-state index in [4.69, 9.17) is 5.73 Å². The van der Waals surface area contributed by atoms with Crippen LogP contribution in [-0.2, 0) is 16.6 Å². The topological polar surface area (TPSA) is 63.4 Å². The van der Waals surface area contributed by atoms with E-state index in [0.29, 0.717) is 6.54 Å². The Labute approximate surface area is 121 Å². The van der Waals surface area contributed by atoms with E-state index < -0.39 is 22.1 Å². The Balaban J connectivity index is 2.11. The lowest BCUT2D eigenvalue weighted by Crippen LogP contribution is -2.42. The third-order valence-electron chi connectivity index (χ3n) is 3.71. The van der Waals surface area contributed by atoms with Crippen molar-refractivity contribution in [3.8, 4) is 0 Å². The van der Waals surface area contributed by atoms with Gasteiger partial charge in [-0.15, -0.1) is 0 Å². The number of hydrogen-bond donors (Lipinski definition) is 1. The third-order valence-corrected chi connectivity index (χ3v) is 5.63. The Kier molecular flexibility index (Phi) is 4.60. The molecule has 0 aromatic heterocycles. The number of benzene rings is 1. The third kappa shape index (κ3) is 3.56. The van der Waals surface area contributed by atoms with E-state index in [0.717, 1.165) is 9.87 Å². The zero-order valence-electron chi connectivity index (χ0n) is 11.3. The van der Waals surface area contributed by atoms with Crippen LogP contribution >= 0.6 is 0 Å². The van der Waals surface area contributed by atoms with Gasteiger partial charge in [-0.25, -0.2) is 8.42 Å². The maximum Gasteiger partial charge on any atom is 0.391 e. The molecule has 8 heteroatoms. The number of rotatable bonds is 3. The van der Waals surface area contributed by atoms with Crippen LogP contribution in [0.2, 0.25) is 0 Å². The first-order valence-corrected chi connectivity index (χ1v) is 8.05. The summed E-state index contributed by atoms with van der Waals surface area (Å²) in [5.41, 5.74) is 6.24. The van der Waals surface area contributed by atoms with Crippen LogP contribution in [0.3, 0.4) is 0 Å². The molecule has 0 saturated carbocycles. The Morgan fingerprint density at radius 2 is 1.67 bits per heavy atom. The lowest BCUT2D eigenvalue weighted by molar-refractivity contribution is -0.182. The number of nitrogens with two attached hydrogens (primary N) is 1. The van der Waals surface area contributed by atoms with Crippen LogP contribution in [0.25, 0.3) is 0 Å². The largest absolute Gasteiger partial charge is 0.391 e. The van der Waals surface area contributed by atoms with Crippen LogP contribution in [0.1, 0.15) is 18.4 Å². The van der Waals surface area contributed by atoms with Crippen molar-refractivity contribution in [2.24, 2.45) is 11.7 Å². The molecule has 1 aromatic carbocycles. The Hall–Kier alpha value is -1.12. The first-order valence-electron chi connectivity index (χ1n) is 6.61. The first-order chi connectivity index (χ1) is 9.75. The van der Waals surface area contributed by atoms with E-state index in [1.54, 1.807) is 12.1 Å². The van der Waals surface area contributed by atoms with E-state index in [1.165, 1.54) is 12.1 Å². The second-order valence-electron chi connectivity index (χ2n) is 5.07. The van der Waals surface area contributed by atoms with E-state index >= 15 is 0 Å². The van der Waals surface area contributed by atoms with Gasteiger partial charge in [0.25, 0.3) is 0 Å². The average Bonchev–Trinajstić information content (AvgIpc) is 2.46. The van der Waals surface area contributed by atoms with Crippen molar-refractivity contribution in [2.75, 3.05) is 13.1 Å². The van der Waals surface area contributed by atoms with Gasteiger partial charge < -0.3 is 5.73 Å². The SMILES string of the molecule is NCc1ccc(S(=O)(=O)N2CCC(C(F)(F)F)CC2)cc1. The highest BCUT2D eigenvalue weighted by atomic mass is 32.2. The second kappa shape index (κ2) is 5.94. The zero-order valence-corrected chi connectivity index (χ0v) is 12.1. The summed E-state index contributed by atoms with van der Waals surface area (Å²) in [6, 6.07) is 6.09. The maximum absolute atomic E-state index is 12.6. The molecule has 1 aliphatic heterocycles. The summed E-state index contributed by atoms with van der Waals surface area (Å²) in [7, 11) is -3.73. The van der Waals surface area contributed by atoms with Gasteiger partial charge in [0.1, 0.15) is 0 Å². The fraction of sp³-hybridized carbons (Fsp3) is 0.538. The van der Waals surface area contributed by atoms with Crippen molar-refractivity contribution in [1.29, 1.82) is 0 Å². The van der Waals surface area contributed by atoms with Crippen LogP contribution in [0, 0.1) is 5.92 Å². The molecule has 4 nitrogen and oxygen atoms in total. The van der Waals surface area contributed by atoms with Crippen molar-refractivity contribution >= 4 is 10.0 Å². The molecule has 0 spiro atoms. The monoisotopic (exact) mass is 322 g/mol. The molecule has 1 saturated heterocycles. The number of nitrogens with zero attached hydrogens (tertiary/aromatic N) is 1. The molecule has 0 bridgehead atoms. The molecule has 1 aromatic rings. The van der Waals surface area contributed by atoms with E-state index in [1.807, 2.05) is 0 Å². The van der Waals surface area contributed by atoms with Crippen LogP contribution in [0.4, 0.5) is 13.2 Å². The molecule has 0 atom stereocenters. The highest BCUT2D eigenvalue weighted by molar-refractivity contribution is 7.89. The summed E-state index contributed by atoms with van der Waals surface area (Å²) in [5.74, 6) is -1.41. The molecule has 1 aliphatic rings. The van der Waals surface area contributed by atoms with Gasteiger partial charge in [-0.1, -0.05) is 12.1 Å². The fourth-order valence-corrected chi connectivity index (χ4v) is 3.84. The molecule has 118 valence electrons. The van der Waals surface area contributed by atoms with Gasteiger partial charge in [0.15, 0.2) is 0 Å². The molecule has 0 amide bonds. The molecule has 0 aliphatic carbocycles. The Morgan fingerprint density at radius 1 is 1.14 bits per heavy atom. The smallest absolute Gasteiger partial charge is 0.326 e. The van der Waals surface area contributed by atoms with E-state index in [9.17, 15) is 21.6 Å². The number of sulfonamides is 1. The molecule has 0 unspecified atom stereocenters. The normalized spacial score (nSPS) is 18.9. The second-order valence-corrected chi connectivity index (χ2v) is 7.01. The quantitative estimate of drug-likeness (QED) is 0.927. The highest BCUT2D eigenvalue weighted by Crippen LogP contribution is 2.35. The summed E-state index contributed by atoms with van der Waals surface area (Å²) in [4.78, 5) is 0.0881. The van der Waals surface area contributed by atoms with Crippen LogP contribution in [0.5, 0.6) is 0 Å². The van der Waals surface area contributed by atoms with Gasteiger partial charge in [0.05, 0.1) is 10.8 Å². The van der Waals surface area contributed by atoms with Crippen molar-refractivity contribution in [3.05, 3.63) is 29.8 Å². The van der Waals surface area contributed by atoms with Crippen LogP contribution < -0.4 is 5.73 Å². The van der Waals surface area contributed by atoms with Gasteiger partial charge >= 0.3 is 6.18 Å². The predicted octanol–water partition coefficient (Wildman–Crippen LogP) is 2.11. The summed E-state index contributed by atoms with van der Waals surface area (Å²) < 4.78 is 63.6.